The van der Waals surface area contributed by atoms with Crippen molar-refractivity contribution in [3.63, 3.8) is 0 Å². The number of likely N-dealkylation sites (tertiary alicyclic amines) is 1. The maximum absolute atomic E-state index is 16.3. The first-order valence-electron chi connectivity index (χ1n) is 14.0. The summed E-state index contributed by atoms with van der Waals surface area (Å²) in [5, 5.41) is 13.4. The second-order valence-corrected chi connectivity index (χ2v) is 13.1. The third kappa shape index (κ3) is 7.31. The minimum Gasteiger partial charge on any atom is -0.497 e. The van der Waals surface area contributed by atoms with Crippen molar-refractivity contribution < 1.29 is 19.0 Å². The Morgan fingerprint density at radius 3 is 2.72 bits per heavy atom. The minimum absolute atomic E-state index is 0.114. The summed E-state index contributed by atoms with van der Waals surface area (Å²) in [6, 6.07) is 9.97. The van der Waals surface area contributed by atoms with Gasteiger partial charge in [0, 0.05) is 55.7 Å². The number of ether oxygens (including phenoxy) is 2. The Kier molecular flexibility index (Phi) is 10.1. The lowest BCUT2D eigenvalue weighted by Crippen LogP contribution is -2.42. The molecule has 2 saturated heterocycles. The van der Waals surface area contributed by atoms with Crippen LogP contribution in [-0.4, -0.2) is 85.3 Å². The van der Waals surface area contributed by atoms with E-state index in [1.165, 1.54) is 4.21 Å². The number of fused-ring (bicyclic) bond motifs is 1. The normalized spacial score (nSPS) is 19.4. The van der Waals surface area contributed by atoms with Crippen molar-refractivity contribution in [3.05, 3.63) is 53.0 Å². The highest BCUT2D eigenvalue weighted by Gasteiger charge is 2.35. The number of alkyl halides is 1. The lowest BCUT2D eigenvalue weighted by molar-refractivity contribution is 0.0311. The number of rotatable bonds is 12. The van der Waals surface area contributed by atoms with E-state index in [1.54, 1.807) is 18.4 Å². The van der Waals surface area contributed by atoms with Crippen LogP contribution in [0, 0.1) is 5.41 Å². The number of methoxy groups -OCH3 is 1. The van der Waals surface area contributed by atoms with Gasteiger partial charge in [-0.3, -0.25) is 9.88 Å². The number of thiophene rings is 1. The molecule has 2 aliphatic rings. The van der Waals surface area contributed by atoms with Crippen molar-refractivity contribution in [3.8, 4) is 5.75 Å². The third-order valence-electron chi connectivity index (χ3n) is 8.34. The first-order chi connectivity index (χ1) is 19.1. The van der Waals surface area contributed by atoms with Crippen LogP contribution in [0.15, 0.2) is 46.1 Å². The summed E-state index contributed by atoms with van der Waals surface area (Å²) in [5.41, 5.74) is 2.22. The number of pyridine rings is 1. The molecule has 2 aromatic heterocycles. The molecule has 1 N–H and O–H groups in total. The van der Waals surface area contributed by atoms with E-state index in [0.29, 0.717) is 38.3 Å². The monoisotopic (exact) mass is 573 g/mol. The summed E-state index contributed by atoms with van der Waals surface area (Å²) in [5.74, 6) is 1.78. The molecule has 1 unspecified atom stereocenters. The average molecular weight is 574 g/mol. The zero-order chi connectivity index (χ0) is 27.1. The number of aliphatic hydroxyl groups excluding tert-OH is 1. The molecule has 5 rings (SSSR count). The molecule has 9 heteroatoms. The fraction of sp³-hybridized carbons (Fsp3) is 0.567. The molecular formula is C30H40FN3O3S2. The van der Waals surface area contributed by atoms with Gasteiger partial charge in [-0.25, -0.2) is 4.39 Å². The highest BCUT2D eigenvalue weighted by atomic mass is 32.2. The largest absolute Gasteiger partial charge is 0.497 e. The van der Waals surface area contributed by atoms with Gasteiger partial charge in [-0.2, -0.15) is 0 Å². The molecule has 1 atom stereocenters. The third-order valence-corrected chi connectivity index (χ3v) is 10.4. The summed E-state index contributed by atoms with van der Waals surface area (Å²) in [7, 11) is 1.64. The van der Waals surface area contributed by atoms with Crippen molar-refractivity contribution in [1.82, 2.24) is 14.8 Å². The number of nitrogens with zero attached hydrogens (tertiary/aromatic N) is 3. The highest BCUT2D eigenvalue weighted by Crippen LogP contribution is 2.41. The molecule has 1 aromatic carbocycles. The standard InChI is InChI=1S/C30H40FN3O3S2/c1-36-24-4-5-27-25(19-24)29(23(20-32-27)21-34-12-15-37-16-13-34)26(31)6-7-30(22-35)8-10-33(11-9-30)14-18-39-28-3-2-17-38-28/h2-5,17,19-20,26,35H,6-16,18,21-22H2,1H3. The number of hydrogen-bond donors (Lipinski definition) is 1. The Labute approximate surface area is 239 Å². The van der Waals surface area contributed by atoms with Crippen molar-refractivity contribution in [2.75, 3.05) is 65.4 Å². The summed E-state index contributed by atoms with van der Waals surface area (Å²) in [6.07, 6.45) is 3.59. The second kappa shape index (κ2) is 13.7. The smallest absolute Gasteiger partial charge is 0.126 e. The molecule has 3 aromatic rings. The molecule has 0 bridgehead atoms. The van der Waals surface area contributed by atoms with Gasteiger partial charge in [0.05, 0.1) is 30.0 Å². The quantitative estimate of drug-likeness (QED) is 0.275. The van der Waals surface area contributed by atoms with Gasteiger partial charge < -0.3 is 19.5 Å². The molecule has 4 heterocycles. The van der Waals surface area contributed by atoms with Crippen LogP contribution in [0.3, 0.4) is 0 Å². The van der Waals surface area contributed by atoms with E-state index < -0.39 is 6.17 Å². The Morgan fingerprint density at radius 1 is 1.18 bits per heavy atom. The number of benzene rings is 1. The summed E-state index contributed by atoms with van der Waals surface area (Å²) < 4.78 is 28.7. The summed E-state index contributed by atoms with van der Waals surface area (Å²) >= 11 is 3.70. The van der Waals surface area contributed by atoms with E-state index in [1.807, 2.05) is 36.2 Å². The van der Waals surface area contributed by atoms with Crippen LogP contribution in [0.4, 0.5) is 4.39 Å². The number of piperidine rings is 1. The molecule has 0 radical (unpaired) electrons. The minimum atomic E-state index is -1.14. The number of morpholine rings is 1. The molecule has 0 saturated carbocycles. The van der Waals surface area contributed by atoms with Gasteiger partial charge in [0.1, 0.15) is 11.9 Å². The van der Waals surface area contributed by atoms with Crippen LogP contribution >= 0.6 is 23.1 Å². The molecule has 2 aliphatic heterocycles. The predicted octanol–water partition coefficient (Wildman–Crippen LogP) is 5.79. The van der Waals surface area contributed by atoms with Gasteiger partial charge in [0.15, 0.2) is 0 Å². The van der Waals surface area contributed by atoms with Gasteiger partial charge in [-0.1, -0.05) is 6.07 Å². The lowest BCUT2D eigenvalue weighted by atomic mass is 9.74. The molecule has 39 heavy (non-hydrogen) atoms. The lowest BCUT2D eigenvalue weighted by Gasteiger charge is -2.41. The molecule has 0 aliphatic carbocycles. The zero-order valence-electron chi connectivity index (χ0n) is 22.8. The summed E-state index contributed by atoms with van der Waals surface area (Å²) in [4.78, 5) is 9.47. The molecule has 0 spiro atoms. The van der Waals surface area contributed by atoms with Crippen molar-refractivity contribution in [1.29, 1.82) is 0 Å². The Bertz CT molecular complexity index is 1180. The fourth-order valence-corrected chi connectivity index (χ4v) is 7.66. The van der Waals surface area contributed by atoms with Gasteiger partial charge in [0.25, 0.3) is 0 Å². The molecule has 0 amide bonds. The average Bonchev–Trinajstić information content (AvgIpc) is 3.50. The number of aromatic nitrogens is 1. The summed E-state index contributed by atoms with van der Waals surface area (Å²) in [6.45, 7) is 6.81. The SMILES string of the molecule is COc1ccc2ncc(CN3CCOCC3)c(C(F)CCC3(CO)CCN(CCSc4cccs4)CC3)c2c1. The Morgan fingerprint density at radius 2 is 2.00 bits per heavy atom. The number of halogens is 1. The molecule has 2 fully saturated rings. The maximum Gasteiger partial charge on any atom is 0.126 e. The first kappa shape index (κ1) is 28.8. The van der Waals surface area contributed by atoms with Crippen molar-refractivity contribution in [2.24, 2.45) is 5.41 Å². The van der Waals surface area contributed by atoms with Gasteiger partial charge in [-0.15, -0.1) is 23.1 Å². The second-order valence-electron chi connectivity index (χ2n) is 10.8. The maximum atomic E-state index is 16.3. The fourth-order valence-electron chi connectivity index (χ4n) is 5.79. The van der Waals surface area contributed by atoms with Crippen LogP contribution in [-0.2, 0) is 11.3 Å². The van der Waals surface area contributed by atoms with Crippen LogP contribution in [0.5, 0.6) is 5.75 Å². The van der Waals surface area contributed by atoms with Crippen LogP contribution in [0.1, 0.15) is 43.0 Å². The zero-order valence-corrected chi connectivity index (χ0v) is 24.5. The predicted molar refractivity (Wildman–Crippen MR) is 158 cm³/mol. The highest BCUT2D eigenvalue weighted by molar-refractivity contribution is 8.01. The Balaban J connectivity index is 1.25. The van der Waals surface area contributed by atoms with E-state index in [9.17, 15) is 5.11 Å². The van der Waals surface area contributed by atoms with Crippen molar-refractivity contribution in [2.45, 2.75) is 42.6 Å². The Hall–Kier alpha value is -1.75. The number of hydrogen-bond acceptors (Lipinski definition) is 8. The van der Waals surface area contributed by atoms with Gasteiger partial charge in [-0.05, 0) is 79.4 Å². The van der Waals surface area contributed by atoms with Gasteiger partial charge in [0.2, 0.25) is 0 Å². The van der Waals surface area contributed by atoms with Crippen LogP contribution in [0.2, 0.25) is 0 Å². The van der Waals surface area contributed by atoms with E-state index in [-0.39, 0.29) is 12.0 Å². The molecular weight excluding hydrogens is 533 g/mol. The van der Waals surface area contributed by atoms with Crippen LogP contribution in [0.25, 0.3) is 10.9 Å². The van der Waals surface area contributed by atoms with E-state index in [4.69, 9.17) is 9.47 Å². The number of aliphatic hydroxyl groups is 1. The van der Waals surface area contributed by atoms with Gasteiger partial charge >= 0.3 is 0 Å². The topological polar surface area (TPSA) is 58.1 Å². The number of thioether (sulfide) groups is 1. The molecule has 212 valence electrons. The van der Waals surface area contributed by atoms with E-state index in [2.05, 4.69) is 32.3 Å². The van der Waals surface area contributed by atoms with E-state index >= 15 is 4.39 Å². The molecule has 6 nitrogen and oxygen atoms in total. The van der Waals surface area contributed by atoms with E-state index in [0.717, 1.165) is 73.3 Å². The van der Waals surface area contributed by atoms with Crippen molar-refractivity contribution >= 4 is 34.0 Å². The van der Waals surface area contributed by atoms with Crippen LogP contribution < -0.4 is 4.74 Å². The first-order valence-corrected chi connectivity index (χ1v) is 15.8.